The summed E-state index contributed by atoms with van der Waals surface area (Å²) in [5, 5.41) is 3.64. The first-order valence-corrected chi connectivity index (χ1v) is 7.00. The second-order valence-corrected chi connectivity index (χ2v) is 6.00. The summed E-state index contributed by atoms with van der Waals surface area (Å²) in [4.78, 5) is 0. The molecule has 0 aliphatic heterocycles. The monoisotopic (exact) mass is 225 g/mol. The number of nitrogens with one attached hydrogen (secondary N) is 1. The van der Waals surface area contributed by atoms with Gasteiger partial charge in [-0.15, -0.1) is 0 Å². The van der Waals surface area contributed by atoms with Gasteiger partial charge in [-0.25, -0.2) is 0 Å². The second-order valence-electron chi connectivity index (χ2n) is 6.00. The number of methoxy groups -OCH3 is 1. The zero-order chi connectivity index (χ0) is 11.4. The molecule has 0 bridgehead atoms. The molecule has 0 aromatic rings. The molecule has 2 nitrogen and oxygen atoms in total. The first-order valence-electron chi connectivity index (χ1n) is 7.00. The van der Waals surface area contributed by atoms with Gasteiger partial charge in [0, 0.05) is 13.7 Å². The molecule has 2 saturated carbocycles. The predicted molar refractivity (Wildman–Crippen MR) is 67.6 cm³/mol. The van der Waals surface area contributed by atoms with E-state index in [9.17, 15) is 0 Å². The number of hydrogen-bond donors (Lipinski definition) is 1. The quantitative estimate of drug-likeness (QED) is 0.776. The summed E-state index contributed by atoms with van der Waals surface area (Å²) in [7, 11) is 1.86. The minimum atomic E-state index is 0.196. The highest BCUT2D eigenvalue weighted by Gasteiger charge is 2.36. The molecular formula is C14H27NO. The molecule has 0 aromatic heterocycles. The highest BCUT2D eigenvalue weighted by Crippen LogP contribution is 2.34. The maximum Gasteiger partial charge on any atom is 0.0802 e. The molecule has 2 aliphatic rings. The molecule has 0 saturated heterocycles. The Hall–Kier alpha value is -0.0800. The molecule has 0 atom stereocenters. The van der Waals surface area contributed by atoms with Gasteiger partial charge in [0.1, 0.15) is 0 Å². The SMILES string of the molecule is COC1(CNCC2CCC(C)CC2)CCC1. The molecule has 0 amide bonds. The van der Waals surface area contributed by atoms with E-state index >= 15 is 0 Å². The van der Waals surface area contributed by atoms with Gasteiger partial charge in [0.15, 0.2) is 0 Å². The lowest BCUT2D eigenvalue weighted by Gasteiger charge is -2.41. The average Bonchev–Trinajstić information content (AvgIpc) is 2.25. The minimum Gasteiger partial charge on any atom is -0.377 e. The lowest BCUT2D eigenvalue weighted by Crippen LogP contribution is -2.48. The molecule has 0 radical (unpaired) electrons. The van der Waals surface area contributed by atoms with Crippen molar-refractivity contribution in [1.82, 2.24) is 5.32 Å². The summed E-state index contributed by atoms with van der Waals surface area (Å²) in [6.45, 7) is 4.66. The minimum absolute atomic E-state index is 0.196. The van der Waals surface area contributed by atoms with E-state index in [2.05, 4.69) is 12.2 Å². The molecule has 0 aromatic carbocycles. The van der Waals surface area contributed by atoms with E-state index in [0.717, 1.165) is 18.4 Å². The van der Waals surface area contributed by atoms with Gasteiger partial charge < -0.3 is 10.1 Å². The van der Waals surface area contributed by atoms with Gasteiger partial charge in [0.2, 0.25) is 0 Å². The molecule has 0 heterocycles. The summed E-state index contributed by atoms with van der Waals surface area (Å²) in [6.07, 6.45) is 9.55. The highest BCUT2D eigenvalue weighted by atomic mass is 16.5. The molecule has 94 valence electrons. The van der Waals surface area contributed by atoms with Crippen LogP contribution in [0.5, 0.6) is 0 Å². The fraction of sp³-hybridized carbons (Fsp3) is 1.00. The van der Waals surface area contributed by atoms with Crippen molar-refractivity contribution in [1.29, 1.82) is 0 Å². The summed E-state index contributed by atoms with van der Waals surface area (Å²) >= 11 is 0. The van der Waals surface area contributed by atoms with Gasteiger partial charge in [-0.1, -0.05) is 19.8 Å². The number of ether oxygens (including phenoxy) is 1. The third kappa shape index (κ3) is 2.98. The van der Waals surface area contributed by atoms with Crippen LogP contribution in [0.4, 0.5) is 0 Å². The van der Waals surface area contributed by atoms with Crippen molar-refractivity contribution in [3.8, 4) is 0 Å². The van der Waals surface area contributed by atoms with Crippen molar-refractivity contribution in [2.24, 2.45) is 11.8 Å². The lowest BCUT2D eigenvalue weighted by atomic mass is 9.79. The Bertz CT molecular complexity index is 199. The van der Waals surface area contributed by atoms with Gasteiger partial charge >= 0.3 is 0 Å². The van der Waals surface area contributed by atoms with Crippen molar-refractivity contribution >= 4 is 0 Å². The fourth-order valence-corrected chi connectivity index (χ4v) is 3.06. The van der Waals surface area contributed by atoms with Crippen LogP contribution in [0, 0.1) is 11.8 Å². The van der Waals surface area contributed by atoms with E-state index in [1.807, 2.05) is 7.11 Å². The Morgan fingerprint density at radius 3 is 2.38 bits per heavy atom. The molecule has 16 heavy (non-hydrogen) atoms. The van der Waals surface area contributed by atoms with Crippen molar-refractivity contribution in [3.63, 3.8) is 0 Å². The first kappa shape index (κ1) is 12.4. The molecule has 0 spiro atoms. The van der Waals surface area contributed by atoms with Crippen LogP contribution in [-0.4, -0.2) is 25.8 Å². The Kier molecular flexibility index (Phi) is 4.26. The van der Waals surface area contributed by atoms with Gasteiger partial charge in [0.05, 0.1) is 5.60 Å². The van der Waals surface area contributed by atoms with Crippen LogP contribution in [0.25, 0.3) is 0 Å². The normalized spacial score (nSPS) is 33.4. The summed E-state index contributed by atoms with van der Waals surface area (Å²) < 4.78 is 5.62. The van der Waals surface area contributed by atoms with E-state index in [1.165, 1.54) is 51.5 Å². The number of hydrogen-bond acceptors (Lipinski definition) is 2. The summed E-state index contributed by atoms with van der Waals surface area (Å²) in [6, 6.07) is 0. The van der Waals surface area contributed by atoms with E-state index < -0.39 is 0 Å². The molecule has 2 fully saturated rings. The van der Waals surface area contributed by atoms with E-state index in [0.29, 0.717) is 0 Å². The first-order chi connectivity index (χ1) is 7.74. The zero-order valence-corrected chi connectivity index (χ0v) is 10.9. The zero-order valence-electron chi connectivity index (χ0n) is 10.9. The van der Waals surface area contributed by atoms with Crippen molar-refractivity contribution in [3.05, 3.63) is 0 Å². The smallest absolute Gasteiger partial charge is 0.0802 e. The Labute approximate surface area is 100 Å². The van der Waals surface area contributed by atoms with Crippen LogP contribution in [0.15, 0.2) is 0 Å². The third-order valence-electron chi connectivity index (χ3n) is 4.71. The van der Waals surface area contributed by atoms with Crippen LogP contribution in [0.1, 0.15) is 51.9 Å². The van der Waals surface area contributed by atoms with E-state index in [4.69, 9.17) is 4.74 Å². The maximum atomic E-state index is 5.62. The van der Waals surface area contributed by atoms with Gasteiger partial charge in [-0.3, -0.25) is 0 Å². The largest absolute Gasteiger partial charge is 0.377 e. The van der Waals surface area contributed by atoms with Crippen LogP contribution in [0.2, 0.25) is 0 Å². The summed E-state index contributed by atoms with van der Waals surface area (Å²) in [5.74, 6) is 1.89. The second kappa shape index (κ2) is 5.50. The lowest BCUT2D eigenvalue weighted by molar-refractivity contribution is -0.0698. The van der Waals surface area contributed by atoms with Crippen LogP contribution in [-0.2, 0) is 4.74 Å². The predicted octanol–water partition coefficient (Wildman–Crippen LogP) is 2.97. The molecular weight excluding hydrogens is 198 g/mol. The Morgan fingerprint density at radius 1 is 1.19 bits per heavy atom. The average molecular weight is 225 g/mol. The maximum absolute atomic E-state index is 5.62. The van der Waals surface area contributed by atoms with E-state index in [-0.39, 0.29) is 5.60 Å². The van der Waals surface area contributed by atoms with Gasteiger partial charge in [-0.05, 0) is 50.5 Å². The standard InChI is InChI=1S/C14H27NO/c1-12-4-6-13(7-5-12)10-15-11-14(16-2)8-3-9-14/h12-13,15H,3-11H2,1-2H3. The fourth-order valence-electron chi connectivity index (χ4n) is 3.06. The molecule has 2 rings (SSSR count). The third-order valence-corrected chi connectivity index (χ3v) is 4.71. The molecule has 2 heteroatoms. The Morgan fingerprint density at radius 2 is 1.88 bits per heavy atom. The van der Waals surface area contributed by atoms with Crippen LogP contribution < -0.4 is 5.32 Å². The topological polar surface area (TPSA) is 21.3 Å². The molecule has 0 unspecified atom stereocenters. The number of rotatable bonds is 5. The van der Waals surface area contributed by atoms with Crippen molar-refractivity contribution < 1.29 is 4.74 Å². The van der Waals surface area contributed by atoms with Crippen molar-refractivity contribution in [2.45, 2.75) is 57.5 Å². The van der Waals surface area contributed by atoms with Crippen LogP contribution >= 0.6 is 0 Å². The summed E-state index contributed by atoms with van der Waals surface area (Å²) in [5.41, 5.74) is 0.196. The molecule has 2 aliphatic carbocycles. The molecule has 1 N–H and O–H groups in total. The van der Waals surface area contributed by atoms with Gasteiger partial charge in [-0.2, -0.15) is 0 Å². The Balaban J connectivity index is 1.61. The highest BCUT2D eigenvalue weighted by molar-refractivity contribution is 4.91. The van der Waals surface area contributed by atoms with Gasteiger partial charge in [0.25, 0.3) is 0 Å². The van der Waals surface area contributed by atoms with E-state index in [1.54, 1.807) is 0 Å². The van der Waals surface area contributed by atoms with Crippen LogP contribution in [0.3, 0.4) is 0 Å². The van der Waals surface area contributed by atoms with Crippen molar-refractivity contribution in [2.75, 3.05) is 20.2 Å².